The first-order chi connectivity index (χ1) is 12.2. The zero-order valence-corrected chi connectivity index (χ0v) is 14.4. The standard InChI is InChI=1S/C19H24N2O4/c22-17(20-8-7-19(13-20)6-1-10-24-14-19)12-15-2-4-16(5-3-15)21-9-11-25-18(21)23/h2-5H,1,6-14H2. The van der Waals surface area contributed by atoms with Gasteiger partial charge in [-0.1, -0.05) is 12.1 Å². The Balaban J connectivity index is 1.35. The molecule has 0 N–H and O–H groups in total. The topological polar surface area (TPSA) is 59.1 Å². The van der Waals surface area contributed by atoms with Crippen LogP contribution in [0.3, 0.4) is 0 Å². The van der Waals surface area contributed by atoms with E-state index in [1.165, 1.54) is 0 Å². The van der Waals surface area contributed by atoms with Crippen LogP contribution in [0.15, 0.2) is 24.3 Å². The van der Waals surface area contributed by atoms with Crippen molar-refractivity contribution >= 4 is 17.7 Å². The number of hydrogen-bond donors (Lipinski definition) is 0. The van der Waals surface area contributed by atoms with Crippen LogP contribution in [0.5, 0.6) is 0 Å². The van der Waals surface area contributed by atoms with E-state index in [1.54, 1.807) is 4.90 Å². The molecule has 3 fully saturated rings. The van der Waals surface area contributed by atoms with Crippen LogP contribution in [-0.4, -0.2) is 56.4 Å². The molecule has 1 unspecified atom stereocenters. The van der Waals surface area contributed by atoms with Gasteiger partial charge in [0.1, 0.15) is 6.61 Å². The van der Waals surface area contributed by atoms with E-state index in [4.69, 9.17) is 9.47 Å². The van der Waals surface area contributed by atoms with Gasteiger partial charge < -0.3 is 14.4 Å². The summed E-state index contributed by atoms with van der Waals surface area (Å²) >= 11 is 0. The number of carbonyl (C=O) groups excluding carboxylic acids is 2. The van der Waals surface area contributed by atoms with E-state index < -0.39 is 0 Å². The first-order valence-corrected chi connectivity index (χ1v) is 9.04. The van der Waals surface area contributed by atoms with Crippen LogP contribution in [0.4, 0.5) is 10.5 Å². The molecule has 3 aliphatic heterocycles. The molecule has 4 rings (SSSR count). The highest BCUT2D eigenvalue weighted by atomic mass is 16.6. The molecule has 3 saturated heterocycles. The lowest BCUT2D eigenvalue weighted by molar-refractivity contribution is -0.130. The van der Waals surface area contributed by atoms with E-state index in [2.05, 4.69) is 0 Å². The first-order valence-electron chi connectivity index (χ1n) is 9.04. The van der Waals surface area contributed by atoms with E-state index >= 15 is 0 Å². The lowest BCUT2D eigenvalue weighted by atomic mass is 9.82. The van der Waals surface area contributed by atoms with Crippen LogP contribution in [0, 0.1) is 5.41 Å². The van der Waals surface area contributed by atoms with Gasteiger partial charge in [-0.15, -0.1) is 0 Å². The molecule has 2 amide bonds. The van der Waals surface area contributed by atoms with E-state index in [-0.39, 0.29) is 17.4 Å². The van der Waals surface area contributed by atoms with Gasteiger partial charge in [0.25, 0.3) is 0 Å². The van der Waals surface area contributed by atoms with Crippen molar-refractivity contribution in [3.8, 4) is 0 Å². The molecule has 1 aromatic carbocycles. The molecular formula is C19H24N2O4. The van der Waals surface area contributed by atoms with Gasteiger partial charge in [-0.3, -0.25) is 9.69 Å². The lowest BCUT2D eigenvalue weighted by Gasteiger charge is -2.33. The van der Waals surface area contributed by atoms with Gasteiger partial charge >= 0.3 is 6.09 Å². The predicted molar refractivity (Wildman–Crippen MR) is 92.5 cm³/mol. The van der Waals surface area contributed by atoms with Crippen molar-refractivity contribution < 1.29 is 19.1 Å². The first kappa shape index (κ1) is 16.4. The molecule has 0 aromatic heterocycles. The second-order valence-electron chi connectivity index (χ2n) is 7.33. The highest BCUT2D eigenvalue weighted by Crippen LogP contribution is 2.38. The Bertz CT molecular complexity index is 652. The van der Waals surface area contributed by atoms with E-state index in [0.29, 0.717) is 19.6 Å². The molecule has 134 valence electrons. The minimum atomic E-state index is -0.305. The van der Waals surface area contributed by atoms with Gasteiger partial charge in [0.15, 0.2) is 0 Å². The quantitative estimate of drug-likeness (QED) is 0.844. The summed E-state index contributed by atoms with van der Waals surface area (Å²) in [7, 11) is 0. The molecule has 0 aliphatic carbocycles. The Morgan fingerprint density at radius 3 is 2.64 bits per heavy atom. The fourth-order valence-corrected chi connectivity index (χ4v) is 4.09. The largest absolute Gasteiger partial charge is 0.447 e. The number of ether oxygens (including phenoxy) is 2. The normalized spacial score (nSPS) is 26.3. The molecule has 25 heavy (non-hydrogen) atoms. The Morgan fingerprint density at radius 2 is 1.96 bits per heavy atom. The molecule has 6 nitrogen and oxygen atoms in total. The Morgan fingerprint density at radius 1 is 1.12 bits per heavy atom. The van der Waals surface area contributed by atoms with E-state index in [9.17, 15) is 9.59 Å². The number of benzene rings is 1. The van der Waals surface area contributed by atoms with Crippen LogP contribution >= 0.6 is 0 Å². The zero-order chi connectivity index (χ0) is 17.3. The predicted octanol–water partition coefficient (Wildman–Crippen LogP) is 2.21. The molecule has 0 saturated carbocycles. The molecule has 3 aliphatic rings. The van der Waals surface area contributed by atoms with Crippen LogP contribution < -0.4 is 4.90 Å². The maximum Gasteiger partial charge on any atom is 0.414 e. The third-order valence-corrected chi connectivity index (χ3v) is 5.56. The average Bonchev–Trinajstić information content (AvgIpc) is 3.23. The molecule has 1 spiro atoms. The number of rotatable bonds is 3. The summed E-state index contributed by atoms with van der Waals surface area (Å²) in [6, 6.07) is 7.62. The van der Waals surface area contributed by atoms with Crippen molar-refractivity contribution in [2.45, 2.75) is 25.7 Å². The molecule has 6 heteroatoms. The number of nitrogens with zero attached hydrogens (tertiary/aromatic N) is 2. The van der Waals surface area contributed by atoms with Gasteiger partial charge in [-0.2, -0.15) is 0 Å². The average molecular weight is 344 g/mol. The highest BCUT2D eigenvalue weighted by molar-refractivity contribution is 5.89. The maximum atomic E-state index is 12.6. The van der Waals surface area contributed by atoms with Gasteiger partial charge in [0, 0.05) is 30.8 Å². The van der Waals surface area contributed by atoms with Crippen molar-refractivity contribution in [2.75, 3.05) is 44.4 Å². The van der Waals surface area contributed by atoms with Gasteiger partial charge in [0.05, 0.1) is 19.6 Å². The smallest absolute Gasteiger partial charge is 0.414 e. The fourth-order valence-electron chi connectivity index (χ4n) is 4.09. The maximum absolute atomic E-state index is 12.6. The second-order valence-corrected chi connectivity index (χ2v) is 7.33. The van der Waals surface area contributed by atoms with Crippen molar-refractivity contribution in [1.29, 1.82) is 0 Å². The van der Waals surface area contributed by atoms with Crippen LogP contribution in [-0.2, 0) is 20.7 Å². The summed E-state index contributed by atoms with van der Waals surface area (Å²) in [5.74, 6) is 0.177. The number of anilines is 1. The Labute approximate surface area is 147 Å². The van der Waals surface area contributed by atoms with Gasteiger partial charge in [0.2, 0.25) is 5.91 Å². The molecule has 3 heterocycles. The number of hydrogen-bond acceptors (Lipinski definition) is 4. The van der Waals surface area contributed by atoms with Crippen LogP contribution in [0.25, 0.3) is 0 Å². The third-order valence-electron chi connectivity index (χ3n) is 5.56. The number of cyclic esters (lactones) is 1. The molecular weight excluding hydrogens is 320 g/mol. The Kier molecular flexibility index (Phi) is 4.37. The summed E-state index contributed by atoms with van der Waals surface area (Å²) in [5.41, 5.74) is 1.98. The zero-order valence-electron chi connectivity index (χ0n) is 14.4. The van der Waals surface area contributed by atoms with Crippen molar-refractivity contribution in [1.82, 2.24) is 4.90 Å². The molecule has 0 bridgehead atoms. The molecule has 1 atom stereocenters. The lowest BCUT2D eigenvalue weighted by Crippen LogP contribution is -2.37. The van der Waals surface area contributed by atoms with Crippen molar-refractivity contribution in [3.05, 3.63) is 29.8 Å². The van der Waals surface area contributed by atoms with E-state index in [0.717, 1.165) is 56.8 Å². The number of likely N-dealkylation sites (tertiary alicyclic amines) is 1. The van der Waals surface area contributed by atoms with Gasteiger partial charge in [-0.25, -0.2) is 4.79 Å². The van der Waals surface area contributed by atoms with Gasteiger partial charge in [-0.05, 0) is 37.0 Å². The summed E-state index contributed by atoms with van der Waals surface area (Å²) in [4.78, 5) is 27.8. The van der Waals surface area contributed by atoms with Crippen molar-refractivity contribution in [3.63, 3.8) is 0 Å². The minimum absolute atomic E-state index is 0.177. The van der Waals surface area contributed by atoms with Crippen molar-refractivity contribution in [2.24, 2.45) is 5.41 Å². The Hall–Kier alpha value is -2.08. The summed E-state index contributed by atoms with van der Waals surface area (Å²) in [6.07, 6.45) is 3.41. The minimum Gasteiger partial charge on any atom is -0.447 e. The number of amides is 2. The van der Waals surface area contributed by atoms with E-state index in [1.807, 2.05) is 29.2 Å². The highest BCUT2D eigenvalue weighted by Gasteiger charge is 2.41. The van der Waals surface area contributed by atoms with Crippen LogP contribution in [0.2, 0.25) is 0 Å². The summed E-state index contributed by atoms with van der Waals surface area (Å²) in [6.45, 7) is 4.31. The second kappa shape index (κ2) is 6.67. The summed E-state index contributed by atoms with van der Waals surface area (Å²) < 4.78 is 10.6. The molecule has 0 radical (unpaired) electrons. The summed E-state index contributed by atoms with van der Waals surface area (Å²) in [5, 5.41) is 0. The fraction of sp³-hybridized carbons (Fsp3) is 0.579. The SMILES string of the molecule is O=C(Cc1ccc(N2CCOC2=O)cc1)N1CCC2(CCCOC2)C1. The number of carbonyl (C=O) groups is 2. The third kappa shape index (κ3) is 3.35. The molecule has 1 aromatic rings. The monoisotopic (exact) mass is 344 g/mol. The van der Waals surface area contributed by atoms with Crippen LogP contribution in [0.1, 0.15) is 24.8 Å².